The summed E-state index contributed by atoms with van der Waals surface area (Å²) in [5.74, 6) is -0.190. The minimum Gasteiger partial charge on any atom is -0.482 e. The van der Waals surface area contributed by atoms with Crippen molar-refractivity contribution in [3.63, 3.8) is 0 Å². The van der Waals surface area contributed by atoms with Crippen LogP contribution in [0.15, 0.2) is 24.5 Å². The molecule has 1 amide bonds. The number of carbonyl (C=O) groups is 1. The lowest BCUT2D eigenvalue weighted by Gasteiger charge is -2.30. The molecular weight excluding hydrogens is 415 g/mol. The molecule has 6 nitrogen and oxygen atoms in total. The van der Waals surface area contributed by atoms with Crippen LogP contribution in [-0.2, 0) is 0 Å². The first-order valence-electron chi connectivity index (χ1n) is 8.56. The first kappa shape index (κ1) is 19.0. The summed E-state index contributed by atoms with van der Waals surface area (Å²) in [6.07, 6.45) is 4.58. The molecule has 0 saturated heterocycles. The van der Waals surface area contributed by atoms with Crippen molar-refractivity contribution in [2.45, 2.75) is 25.6 Å². The molecule has 28 heavy (non-hydrogen) atoms. The van der Waals surface area contributed by atoms with E-state index in [0.717, 1.165) is 12.8 Å². The molecule has 0 radical (unpaired) electrons. The van der Waals surface area contributed by atoms with Crippen molar-refractivity contribution < 1.29 is 23.0 Å². The number of anilines is 2. The third-order valence-corrected chi connectivity index (χ3v) is 5.14. The Bertz CT molecular complexity index is 905. The average Bonchev–Trinajstić information content (AvgIpc) is 3.49. The van der Waals surface area contributed by atoms with E-state index in [9.17, 15) is 13.6 Å². The van der Waals surface area contributed by atoms with Crippen molar-refractivity contribution in [2.75, 3.05) is 17.2 Å². The standard InChI is InChI=1S/C18H15Cl2F2N3O3/c19-10-5-23-6-11(20)15(10)25-17(26)9-3-4-12(28-18(21)22)16-14(9)24-7-13(27-16)8-1-2-8/h3-6,8,13,18,24H,1-2,7H2,(H,23,25,26)/t13-/m1/s1. The molecule has 4 rings (SSSR count). The van der Waals surface area contributed by atoms with Crippen LogP contribution in [0, 0.1) is 5.92 Å². The van der Waals surface area contributed by atoms with Crippen LogP contribution in [0.3, 0.4) is 0 Å². The number of ether oxygens (including phenoxy) is 2. The Morgan fingerprint density at radius 3 is 2.64 bits per heavy atom. The van der Waals surface area contributed by atoms with Crippen molar-refractivity contribution in [3.05, 3.63) is 40.1 Å². The molecule has 1 aromatic heterocycles. The molecule has 1 fully saturated rings. The van der Waals surface area contributed by atoms with Gasteiger partial charge in [-0.3, -0.25) is 9.78 Å². The van der Waals surface area contributed by atoms with E-state index in [1.807, 2.05) is 0 Å². The smallest absolute Gasteiger partial charge is 0.387 e. The minimum absolute atomic E-state index is 0.100. The molecule has 2 aliphatic rings. The van der Waals surface area contributed by atoms with E-state index in [1.54, 1.807) is 0 Å². The maximum atomic E-state index is 12.8. The second kappa shape index (κ2) is 7.60. The summed E-state index contributed by atoms with van der Waals surface area (Å²) < 4.78 is 36.0. The Hall–Kier alpha value is -2.32. The molecule has 148 valence electrons. The molecule has 0 unspecified atom stereocenters. The van der Waals surface area contributed by atoms with Gasteiger partial charge in [0, 0.05) is 12.4 Å². The first-order chi connectivity index (χ1) is 13.4. The highest BCUT2D eigenvalue weighted by Gasteiger charge is 2.37. The molecule has 2 aromatic rings. The van der Waals surface area contributed by atoms with Crippen molar-refractivity contribution in [2.24, 2.45) is 5.92 Å². The van der Waals surface area contributed by atoms with E-state index >= 15 is 0 Å². The lowest BCUT2D eigenvalue weighted by Crippen LogP contribution is -2.34. The van der Waals surface area contributed by atoms with Gasteiger partial charge in [0.25, 0.3) is 5.91 Å². The zero-order valence-electron chi connectivity index (χ0n) is 14.3. The zero-order valence-corrected chi connectivity index (χ0v) is 15.9. The van der Waals surface area contributed by atoms with Gasteiger partial charge in [-0.15, -0.1) is 0 Å². The molecular formula is C18H15Cl2F2N3O3. The monoisotopic (exact) mass is 429 g/mol. The summed E-state index contributed by atoms with van der Waals surface area (Å²) in [5.41, 5.74) is 0.682. The highest BCUT2D eigenvalue weighted by molar-refractivity contribution is 6.39. The summed E-state index contributed by atoms with van der Waals surface area (Å²) in [4.78, 5) is 16.6. The largest absolute Gasteiger partial charge is 0.482 e. The second-order valence-electron chi connectivity index (χ2n) is 6.50. The number of carbonyl (C=O) groups excluding carboxylic acids is 1. The van der Waals surface area contributed by atoms with Gasteiger partial charge < -0.3 is 20.1 Å². The van der Waals surface area contributed by atoms with Crippen LogP contribution in [0.5, 0.6) is 11.5 Å². The highest BCUT2D eigenvalue weighted by Crippen LogP contribution is 2.46. The number of alkyl halides is 2. The number of amides is 1. The summed E-state index contributed by atoms with van der Waals surface area (Å²) in [7, 11) is 0. The van der Waals surface area contributed by atoms with E-state index in [4.69, 9.17) is 27.9 Å². The van der Waals surface area contributed by atoms with Gasteiger partial charge in [-0.05, 0) is 30.9 Å². The maximum Gasteiger partial charge on any atom is 0.387 e. The number of aromatic nitrogens is 1. The van der Waals surface area contributed by atoms with Gasteiger partial charge in [0.1, 0.15) is 6.10 Å². The molecule has 2 N–H and O–H groups in total. The van der Waals surface area contributed by atoms with E-state index in [0.29, 0.717) is 12.5 Å². The number of rotatable bonds is 5. The fraction of sp³-hybridized carbons (Fsp3) is 0.333. The number of benzene rings is 1. The zero-order chi connectivity index (χ0) is 19.8. The summed E-state index contributed by atoms with van der Waals surface area (Å²) >= 11 is 12.1. The van der Waals surface area contributed by atoms with Crippen LogP contribution < -0.4 is 20.1 Å². The Balaban J connectivity index is 1.67. The number of fused-ring (bicyclic) bond motifs is 1. The van der Waals surface area contributed by atoms with Gasteiger partial charge in [-0.1, -0.05) is 23.2 Å². The molecule has 2 heterocycles. The number of hydrogen-bond acceptors (Lipinski definition) is 5. The van der Waals surface area contributed by atoms with Crippen molar-refractivity contribution in [1.29, 1.82) is 0 Å². The fourth-order valence-corrected chi connectivity index (χ4v) is 3.53. The molecule has 10 heteroatoms. The predicted molar refractivity (Wildman–Crippen MR) is 101 cm³/mol. The molecule has 1 aliphatic carbocycles. The molecule has 0 spiro atoms. The van der Waals surface area contributed by atoms with Crippen LogP contribution >= 0.6 is 23.2 Å². The molecule has 1 saturated carbocycles. The second-order valence-corrected chi connectivity index (χ2v) is 7.32. The summed E-state index contributed by atoms with van der Waals surface area (Å²) in [6, 6.07) is 2.66. The summed E-state index contributed by atoms with van der Waals surface area (Å²) in [6.45, 7) is -2.55. The topological polar surface area (TPSA) is 72.5 Å². The predicted octanol–water partition coefficient (Wildman–Crippen LogP) is 4.83. The van der Waals surface area contributed by atoms with Crippen molar-refractivity contribution >= 4 is 40.5 Å². The Labute approximate surface area is 169 Å². The molecule has 1 aliphatic heterocycles. The van der Waals surface area contributed by atoms with Crippen LogP contribution in [0.1, 0.15) is 23.2 Å². The Morgan fingerprint density at radius 2 is 2.00 bits per heavy atom. The van der Waals surface area contributed by atoms with E-state index < -0.39 is 12.5 Å². The van der Waals surface area contributed by atoms with Gasteiger partial charge in [0.15, 0.2) is 11.5 Å². The van der Waals surface area contributed by atoms with E-state index in [2.05, 4.69) is 20.4 Å². The Morgan fingerprint density at radius 1 is 1.29 bits per heavy atom. The minimum atomic E-state index is -3.01. The third-order valence-electron chi connectivity index (χ3n) is 4.57. The van der Waals surface area contributed by atoms with Gasteiger partial charge in [-0.25, -0.2) is 0 Å². The normalized spacial score (nSPS) is 18.1. The third kappa shape index (κ3) is 3.79. The van der Waals surface area contributed by atoms with Crippen LogP contribution in [-0.4, -0.2) is 30.2 Å². The van der Waals surface area contributed by atoms with Gasteiger partial charge in [-0.2, -0.15) is 8.78 Å². The molecule has 0 bridgehead atoms. The van der Waals surface area contributed by atoms with E-state index in [1.165, 1.54) is 24.5 Å². The first-order valence-corrected chi connectivity index (χ1v) is 9.32. The highest BCUT2D eigenvalue weighted by atomic mass is 35.5. The van der Waals surface area contributed by atoms with E-state index in [-0.39, 0.29) is 44.6 Å². The number of pyridine rings is 1. The molecule has 1 aromatic carbocycles. The average molecular weight is 430 g/mol. The Kier molecular flexibility index (Phi) is 5.16. The maximum absolute atomic E-state index is 12.8. The van der Waals surface area contributed by atoms with Crippen LogP contribution in [0.25, 0.3) is 0 Å². The van der Waals surface area contributed by atoms with Crippen LogP contribution in [0.4, 0.5) is 20.2 Å². The lowest BCUT2D eigenvalue weighted by atomic mass is 10.1. The fourth-order valence-electron chi connectivity index (χ4n) is 3.07. The van der Waals surface area contributed by atoms with Crippen molar-refractivity contribution in [1.82, 2.24) is 4.98 Å². The number of hydrogen-bond donors (Lipinski definition) is 2. The number of halogens is 4. The van der Waals surface area contributed by atoms with Gasteiger partial charge in [0.05, 0.1) is 33.5 Å². The summed E-state index contributed by atoms with van der Waals surface area (Å²) in [5, 5.41) is 6.09. The lowest BCUT2D eigenvalue weighted by molar-refractivity contribution is -0.0522. The number of nitrogens with zero attached hydrogens (tertiary/aromatic N) is 1. The molecule has 1 atom stereocenters. The quantitative estimate of drug-likeness (QED) is 0.712. The van der Waals surface area contributed by atoms with Gasteiger partial charge >= 0.3 is 6.61 Å². The van der Waals surface area contributed by atoms with Crippen molar-refractivity contribution in [3.8, 4) is 11.5 Å². The SMILES string of the molecule is O=C(Nc1c(Cl)cncc1Cl)c1ccc(OC(F)F)c2c1NC[C@H](C1CC1)O2. The number of nitrogens with one attached hydrogen (secondary N) is 2. The van der Waals surface area contributed by atoms with Crippen LogP contribution in [0.2, 0.25) is 10.0 Å². The van der Waals surface area contributed by atoms with Gasteiger partial charge in [0.2, 0.25) is 0 Å².